The Morgan fingerprint density at radius 2 is 1.67 bits per heavy atom. The highest BCUT2D eigenvalue weighted by Crippen LogP contribution is 2.27. The number of rotatable bonds is 6. The van der Waals surface area contributed by atoms with Crippen molar-refractivity contribution in [3.05, 3.63) is 65.5 Å². The molecule has 3 aromatic rings. The van der Waals surface area contributed by atoms with Crippen molar-refractivity contribution in [2.45, 2.75) is 15.0 Å². The molecule has 0 atom stereocenters. The SMILES string of the molecule is CN(C)S(=O)(=O)c1cccc(CS(=O)(=O)c2nc(-c3ccccc3)cs2)c1. The van der Waals surface area contributed by atoms with Gasteiger partial charge in [-0.2, -0.15) is 0 Å². The van der Waals surface area contributed by atoms with Crippen LogP contribution < -0.4 is 0 Å². The molecular weight excluding hydrogens is 404 g/mol. The number of benzene rings is 2. The first-order chi connectivity index (χ1) is 12.7. The van der Waals surface area contributed by atoms with Gasteiger partial charge >= 0.3 is 0 Å². The molecule has 9 heteroatoms. The molecule has 0 fully saturated rings. The molecule has 0 saturated carbocycles. The largest absolute Gasteiger partial charge is 0.242 e. The van der Waals surface area contributed by atoms with Gasteiger partial charge in [-0.25, -0.2) is 26.1 Å². The van der Waals surface area contributed by atoms with Crippen LogP contribution in [0.4, 0.5) is 0 Å². The van der Waals surface area contributed by atoms with Gasteiger partial charge in [-0.05, 0) is 17.7 Å². The molecule has 0 bridgehead atoms. The second-order valence-electron chi connectivity index (χ2n) is 6.06. The lowest BCUT2D eigenvalue weighted by molar-refractivity contribution is 0.520. The first kappa shape index (κ1) is 19.7. The number of nitrogens with zero attached hydrogens (tertiary/aromatic N) is 2. The van der Waals surface area contributed by atoms with Gasteiger partial charge in [-0.3, -0.25) is 0 Å². The van der Waals surface area contributed by atoms with Gasteiger partial charge in [0, 0.05) is 25.0 Å². The van der Waals surface area contributed by atoms with E-state index in [4.69, 9.17) is 0 Å². The highest BCUT2D eigenvalue weighted by molar-refractivity contribution is 7.92. The maximum Gasteiger partial charge on any atom is 0.242 e. The Kier molecular flexibility index (Phi) is 5.48. The van der Waals surface area contributed by atoms with Crippen LogP contribution in [0.2, 0.25) is 0 Å². The summed E-state index contributed by atoms with van der Waals surface area (Å²) in [5.41, 5.74) is 1.84. The zero-order valence-corrected chi connectivity index (χ0v) is 17.2. The molecule has 0 spiro atoms. The monoisotopic (exact) mass is 422 g/mol. The van der Waals surface area contributed by atoms with Crippen LogP contribution in [0.1, 0.15) is 5.56 Å². The van der Waals surface area contributed by atoms with Crippen molar-refractivity contribution in [2.24, 2.45) is 0 Å². The molecule has 6 nitrogen and oxygen atoms in total. The van der Waals surface area contributed by atoms with Crippen LogP contribution in [-0.2, 0) is 25.6 Å². The van der Waals surface area contributed by atoms with Crippen LogP contribution in [0.5, 0.6) is 0 Å². The normalized spacial score (nSPS) is 12.4. The molecule has 3 rings (SSSR count). The van der Waals surface area contributed by atoms with E-state index in [1.165, 1.54) is 26.2 Å². The summed E-state index contributed by atoms with van der Waals surface area (Å²) in [7, 11) is -4.45. The third-order valence-corrected chi connectivity index (χ3v) is 8.68. The molecule has 27 heavy (non-hydrogen) atoms. The van der Waals surface area contributed by atoms with Crippen molar-refractivity contribution in [1.82, 2.24) is 9.29 Å². The molecule has 0 unspecified atom stereocenters. The van der Waals surface area contributed by atoms with E-state index in [0.29, 0.717) is 11.3 Å². The lowest BCUT2D eigenvalue weighted by atomic mass is 10.2. The van der Waals surface area contributed by atoms with E-state index in [2.05, 4.69) is 4.98 Å². The molecule has 1 heterocycles. The fourth-order valence-electron chi connectivity index (χ4n) is 2.43. The summed E-state index contributed by atoms with van der Waals surface area (Å²) in [6.07, 6.45) is 0. The van der Waals surface area contributed by atoms with Crippen molar-refractivity contribution in [2.75, 3.05) is 14.1 Å². The number of sulfonamides is 1. The lowest BCUT2D eigenvalue weighted by Crippen LogP contribution is -2.22. The van der Waals surface area contributed by atoms with Crippen molar-refractivity contribution in [1.29, 1.82) is 0 Å². The Balaban J connectivity index is 1.89. The van der Waals surface area contributed by atoms with E-state index in [0.717, 1.165) is 21.2 Å². The van der Waals surface area contributed by atoms with Crippen LogP contribution in [0, 0.1) is 0 Å². The van der Waals surface area contributed by atoms with E-state index in [-0.39, 0.29) is 15.0 Å². The number of hydrogen-bond donors (Lipinski definition) is 0. The maximum absolute atomic E-state index is 12.7. The first-order valence-corrected chi connectivity index (χ1v) is 11.9. The van der Waals surface area contributed by atoms with Gasteiger partial charge in [0.2, 0.25) is 24.2 Å². The Labute approximate surface area is 163 Å². The average molecular weight is 423 g/mol. The summed E-state index contributed by atoms with van der Waals surface area (Å²) in [6, 6.07) is 15.3. The molecule has 0 amide bonds. The van der Waals surface area contributed by atoms with Crippen molar-refractivity contribution >= 4 is 31.2 Å². The fourth-order valence-corrected chi connectivity index (χ4v) is 5.84. The molecule has 0 radical (unpaired) electrons. The summed E-state index contributed by atoms with van der Waals surface area (Å²) in [5.74, 6) is -0.314. The molecule has 0 aliphatic carbocycles. The average Bonchev–Trinajstić information content (AvgIpc) is 3.13. The van der Waals surface area contributed by atoms with E-state index in [1.807, 2.05) is 30.3 Å². The van der Waals surface area contributed by atoms with E-state index < -0.39 is 19.9 Å². The summed E-state index contributed by atoms with van der Waals surface area (Å²) >= 11 is 1.06. The van der Waals surface area contributed by atoms with E-state index in [9.17, 15) is 16.8 Å². The quantitative estimate of drug-likeness (QED) is 0.610. The van der Waals surface area contributed by atoms with Crippen LogP contribution in [0.3, 0.4) is 0 Å². The van der Waals surface area contributed by atoms with Gasteiger partial charge in [0.25, 0.3) is 0 Å². The molecule has 0 N–H and O–H groups in total. The van der Waals surface area contributed by atoms with Crippen molar-refractivity contribution in [3.63, 3.8) is 0 Å². The standard InChI is InChI=1S/C18H18N2O4S3/c1-20(2)27(23,24)16-10-6-7-14(11-16)13-26(21,22)18-19-17(12-25-18)15-8-4-3-5-9-15/h3-12H,13H2,1-2H3. The molecule has 0 saturated heterocycles. The van der Waals surface area contributed by atoms with Gasteiger partial charge in [0.1, 0.15) is 0 Å². The predicted molar refractivity (Wildman–Crippen MR) is 106 cm³/mol. The van der Waals surface area contributed by atoms with E-state index in [1.54, 1.807) is 17.5 Å². The smallest absolute Gasteiger partial charge is 0.225 e. The minimum atomic E-state index is -3.68. The fraction of sp³-hybridized carbons (Fsp3) is 0.167. The predicted octanol–water partition coefficient (Wildman–Crippen LogP) is 3.03. The van der Waals surface area contributed by atoms with Crippen LogP contribution in [-0.4, -0.2) is 40.2 Å². The third-order valence-electron chi connectivity index (χ3n) is 3.85. The van der Waals surface area contributed by atoms with Gasteiger partial charge in [-0.15, -0.1) is 11.3 Å². The highest BCUT2D eigenvalue weighted by atomic mass is 32.2. The molecule has 0 aliphatic heterocycles. The van der Waals surface area contributed by atoms with Crippen LogP contribution >= 0.6 is 11.3 Å². The number of thiazole rings is 1. The van der Waals surface area contributed by atoms with E-state index >= 15 is 0 Å². The Bertz CT molecular complexity index is 1150. The maximum atomic E-state index is 12.7. The van der Waals surface area contributed by atoms with Crippen LogP contribution in [0.15, 0.2) is 69.2 Å². The summed E-state index contributed by atoms with van der Waals surface area (Å²) in [5, 5.41) is 1.70. The molecule has 1 aromatic heterocycles. The summed E-state index contributed by atoms with van der Waals surface area (Å²) in [6.45, 7) is 0. The molecule has 2 aromatic carbocycles. The molecule has 142 valence electrons. The topological polar surface area (TPSA) is 84.4 Å². The number of hydrogen-bond acceptors (Lipinski definition) is 6. The Morgan fingerprint density at radius 1 is 0.963 bits per heavy atom. The highest BCUT2D eigenvalue weighted by Gasteiger charge is 2.22. The molecular formula is C18H18N2O4S3. The second-order valence-corrected chi connectivity index (χ2v) is 11.2. The van der Waals surface area contributed by atoms with Crippen molar-refractivity contribution in [3.8, 4) is 11.3 Å². The van der Waals surface area contributed by atoms with Gasteiger partial charge in [0.15, 0.2) is 0 Å². The van der Waals surface area contributed by atoms with Gasteiger partial charge in [-0.1, -0.05) is 42.5 Å². The Hall–Kier alpha value is -2.07. The molecule has 0 aliphatic rings. The second kappa shape index (κ2) is 7.51. The number of sulfone groups is 1. The number of aromatic nitrogens is 1. The van der Waals surface area contributed by atoms with Gasteiger partial charge in [0.05, 0.1) is 16.3 Å². The zero-order valence-electron chi connectivity index (χ0n) is 14.7. The summed E-state index contributed by atoms with van der Waals surface area (Å²) in [4.78, 5) is 4.31. The third kappa shape index (κ3) is 4.27. The Morgan fingerprint density at radius 3 is 2.33 bits per heavy atom. The zero-order chi connectivity index (χ0) is 19.7. The van der Waals surface area contributed by atoms with Gasteiger partial charge < -0.3 is 0 Å². The summed E-state index contributed by atoms with van der Waals surface area (Å²) < 4.78 is 51.1. The first-order valence-electron chi connectivity index (χ1n) is 7.95. The lowest BCUT2D eigenvalue weighted by Gasteiger charge is -2.12. The van der Waals surface area contributed by atoms with Crippen molar-refractivity contribution < 1.29 is 16.8 Å². The van der Waals surface area contributed by atoms with Crippen LogP contribution in [0.25, 0.3) is 11.3 Å². The minimum absolute atomic E-state index is 0.0159. The minimum Gasteiger partial charge on any atom is -0.225 e.